The smallest absolute Gasteiger partial charge is 0.248 e. The highest BCUT2D eigenvalue weighted by Crippen LogP contribution is 2.32. The molecule has 96 valence electrons. The van der Waals surface area contributed by atoms with Crippen molar-refractivity contribution in [1.82, 2.24) is 4.98 Å². The van der Waals surface area contributed by atoms with Crippen LogP contribution in [-0.2, 0) is 11.3 Å². The Morgan fingerprint density at radius 3 is 2.33 bits per heavy atom. The molecule has 0 aliphatic heterocycles. The fraction of sp³-hybridized carbons (Fsp3) is 0.308. The predicted octanol–water partition coefficient (Wildman–Crippen LogP) is 1.69. The van der Waals surface area contributed by atoms with Gasteiger partial charge in [0, 0.05) is 18.6 Å². The van der Waals surface area contributed by atoms with Crippen LogP contribution in [0.4, 0.5) is 0 Å². The highest BCUT2D eigenvalue weighted by atomic mass is 16.5. The van der Waals surface area contributed by atoms with Gasteiger partial charge in [0.15, 0.2) is 11.5 Å². The van der Waals surface area contributed by atoms with Crippen molar-refractivity contribution in [2.75, 3.05) is 21.3 Å². The first-order valence-electron chi connectivity index (χ1n) is 5.46. The summed E-state index contributed by atoms with van der Waals surface area (Å²) in [5.41, 5.74) is 0.558. The van der Waals surface area contributed by atoms with Crippen LogP contribution in [-0.4, -0.2) is 26.3 Å². The van der Waals surface area contributed by atoms with Crippen LogP contribution in [0, 0.1) is 0 Å². The van der Waals surface area contributed by atoms with Crippen molar-refractivity contribution in [2.24, 2.45) is 0 Å². The minimum atomic E-state index is -0.165. The topological polar surface area (TPSA) is 60.6 Å². The van der Waals surface area contributed by atoms with Crippen LogP contribution < -0.4 is 15.0 Å². The average Bonchev–Trinajstić information content (AvgIpc) is 2.37. The molecule has 1 aromatic carbocycles. The molecule has 0 spiro atoms. The van der Waals surface area contributed by atoms with Crippen molar-refractivity contribution in [3.8, 4) is 11.5 Å². The van der Waals surface area contributed by atoms with E-state index in [9.17, 15) is 4.79 Å². The first-order valence-corrected chi connectivity index (χ1v) is 5.46. The lowest BCUT2D eigenvalue weighted by molar-refractivity contribution is 0.182. The minimum Gasteiger partial charge on any atom is -0.493 e. The molecule has 1 aromatic heterocycles. The fourth-order valence-corrected chi connectivity index (χ4v) is 1.93. The molecule has 2 rings (SSSR count). The van der Waals surface area contributed by atoms with E-state index in [1.54, 1.807) is 27.4 Å². The third-order valence-electron chi connectivity index (χ3n) is 2.73. The first-order chi connectivity index (χ1) is 8.69. The van der Waals surface area contributed by atoms with Crippen LogP contribution in [0.25, 0.3) is 10.8 Å². The Balaban J connectivity index is 2.75. The van der Waals surface area contributed by atoms with Gasteiger partial charge < -0.3 is 19.2 Å². The van der Waals surface area contributed by atoms with Crippen molar-refractivity contribution in [2.45, 2.75) is 6.61 Å². The Bertz CT molecular complexity index is 618. The Hall–Kier alpha value is -2.01. The molecule has 5 nitrogen and oxygen atoms in total. The van der Waals surface area contributed by atoms with Gasteiger partial charge in [0.2, 0.25) is 5.56 Å². The lowest BCUT2D eigenvalue weighted by Crippen LogP contribution is -2.09. The number of H-pyrrole nitrogens is 1. The molecule has 0 radical (unpaired) electrons. The number of pyridine rings is 1. The molecule has 0 saturated carbocycles. The van der Waals surface area contributed by atoms with Gasteiger partial charge in [-0.3, -0.25) is 4.79 Å². The number of nitrogens with one attached hydrogen (secondary N) is 1. The standard InChI is InChI=1S/C13H15NO4/c1-16-7-10-9-6-12(18-3)11(17-2)4-8(9)5-13(15)14-10/h4-6H,7H2,1-3H3,(H,14,15). The molecular formula is C13H15NO4. The number of aromatic nitrogens is 1. The summed E-state index contributed by atoms with van der Waals surface area (Å²) in [6.45, 7) is 0.335. The van der Waals surface area contributed by atoms with Crippen molar-refractivity contribution >= 4 is 10.8 Å². The number of rotatable bonds is 4. The Morgan fingerprint density at radius 2 is 1.72 bits per heavy atom. The van der Waals surface area contributed by atoms with Crippen LogP contribution in [0.2, 0.25) is 0 Å². The number of hydrogen-bond acceptors (Lipinski definition) is 4. The Labute approximate surface area is 104 Å². The number of ether oxygens (including phenoxy) is 3. The molecule has 0 saturated heterocycles. The van der Waals surface area contributed by atoms with E-state index in [1.165, 1.54) is 6.07 Å². The lowest BCUT2D eigenvalue weighted by Gasteiger charge is -2.11. The number of fused-ring (bicyclic) bond motifs is 1. The molecule has 0 atom stereocenters. The largest absolute Gasteiger partial charge is 0.493 e. The summed E-state index contributed by atoms with van der Waals surface area (Å²) in [5.74, 6) is 1.22. The summed E-state index contributed by atoms with van der Waals surface area (Å²) in [6, 6.07) is 5.14. The van der Waals surface area contributed by atoms with Crippen molar-refractivity contribution in [3.63, 3.8) is 0 Å². The van der Waals surface area contributed by atoms with Gasteiger partial charge in [-0.15, -0.1) is 0 Å². The molecule has 0 fully saturated rings. The molecule has 0 aliphatic rings. The van der Waals surface area contributed by atoms with Gasteiger partial charge >= 0.3 is 0 Å². The SMILES string of the molecule is COCc1[nH]c(=O)cc2cc(OC)c(OC)cc12. The van der Waals surface area contributed by atoms with Gasteiger partial charge in [0.1, 0.15) is 0 Å². The van der Waals surface area contributed by atoms with E-state index in [0.29, 0.717) is 18.1 Å². The molecule has 0 unspecified atom stereocenters. The second kappa shape index (κ2) is 5.10. The summed E-state index contributed by atoms with van der Waals surface area (Å²) in [6.07, 6.45) is 0. The zero-order valence-electron chi connectivity index (χ0n) is 10.6. The molecule has 0 bridgehead atoms. The maximum atomic E-state index is 11.6. The quantitative estimate of drug-likeness (QED) is 0.895. The third kappa shape index (κ3) is 2.17. The molecular weight excluding hydrogens is 234 g/mol. The average molecular weight is 249 g/mol. The number of methoxy groups -OCH3 is 3. The summed E-state index contributed by atoms with van der Waals surface area (Å²) in [4.78, 5) is 14.3. The fourth-order valence-electron chi connectivity index (χ4n) is 1.93. The highest BCUT2D eigenvalue weighted by Gasteiger charge is 2.10. The van der Waals surface area contributed by atoms with E-state index in [2.05, 4.69) is 4.98 Å². The van der Waals surface area contributed by atoms with E-state index in [1.807, 2.05) is 6.07 Å². The zero-order valence-corrected chi connectivity index (χ0v) is 10.6. The van der Waals surface area contributed by atoms with Crippen molar-refractivity contribution in [1.29, 1.82) is 0 Å². The first kappa shape index (κ1) is 12.4. The Morgan fingerprint density at radius 1 is 1.06 bits per heavy atom. The lowest BCUT2D eigenvalue weighted by atomic mass is 10.1. The maximum absolute atomic E-state index is 11.6. The number of aromatic amines is 1. The molecule has 1 heterocycles. The molecule has 18 heavy (non-hydrogen) atoms. The monoisotopic (exact) mass is 249 g/mol. The summed E-state index contributed by atoms with van der Waals surface area (Å²) < 4.78 is 15.5. The van der Waals surface area contributed by atoms with Gasteiger partial charge in [-0.1, -0.05) is 0 Å². The second-order valence-electron chi connectivity index (χ2n) is 3.84. The van der Waals surface area contributed by atoms with E-state index >= 15 is 0 Å². The van der Waals surface area contributed by atoms with E-state index in [4.69, 9.17) is 14.2 Å². The van der Waals surface area contributed by atoms with Gasteiger partial charge in [-0.25, -0.2) is 0 Å². The van der Waals surface area contributed by atoms with Gasteiger partial charge in [0.25, 0.3) is 0 Å². The predicted molar refractivity (Wildman–Crippen MR) is 68.4 cm³/mol. The van der Waals surface area contributed by atoms with Crippen molar-refractivity contribution in [3.05, 3.63) is 34.2 Å². The van der Waals surface area contributed by atoms with Crippen LogP contribution in [0.3, 0.4) is 0 Å². The third-order valence-corrected chi connectivity index (χ3v) is 2.73. The molecule has 2 aromatic rings. The minimum absolute atomic E-state index is 0.165. The van der Waals surface area contributed by atoms with Gasteiger partial charge in [-0.2, -0.15) is 0 Å². The van der Waals surface area contributed by atoms with Gasteiger partial charge in [0.05, 0.1) is 26.5 Å². The second-order valence-corrected chi connectivity index (χ2v) is 3.84. The van der Waals surface area contributed by atoms with Crippen LogP contribution in [0.1, 0.15) is 5.69 Å². The maximum Gasteiger partial charge on any atom is 0.248 e. The van der Waals surface area contributed by atoms with E-state index in [0.717, 1.165) is 16.5 Å². The Kier molecular flexibility index (Phi) is 3.53. The number of hydrogen-bond donors (Lipinski definition) is 1. The van der Waals surface area contributed by atoms with Gasteiger partial charge in [-0.05, 0) is 17.5 Å². The molecule has 0 aliphatic carbocycles. The van der Waals surface area contributed by atoms with Crippen LogP contribution in [0.5, 0.6) is 11.5 Å². The zero-order chi connectivity index (χ0) is 13.1. The normalized spacial score (nSPS) is 10.6. The summed E-state index contributed by atoms with van der Waals surface area (Å²) >= 11 is 0. The van der Waals surface area contributed by atoms with Crippen LogP contribution >= 0.6 is 0 Å². The highest BCUT2D eigenvalue weighted by molar-refractivity contribution is 5.87. The van der Waals surface area contributed by atoms with Crippen molar-refractivity contribution < 1.29 is 14.2 Å². The number of benzene rings is 1. The molecule has 5 heteroatoms. The van der Waals surface area contributed by atoms with E-state index < -0.39 is 0 Å². The molecule has 1 N–H and O–H groups in total. The van der Waals surface area contributed by atoms with Crippen LogP contribution in [0.15, 0.2) is 23.0 Å². The van der Waals surface area contributed by atoms with E-state index in [-0.39, 0.29) is 5.56 Å². The summed E-state index contributed by atoms with van der Waals surface area (Å²) in [7, 11) is 4.72. The summed E-state index contributed by atoms with van der Waals surface area (Å²) in [5, 5.41) is 1.68. The molecule has 0 amide bonds.